The molecule has 0 aromatic heterocycles. The van der Waals surface area contributed by atoms with E-state index in [1.807, 2.05) is 6.07 Å². The summed E-state index contributed by atoms with van der Waals surface area (Å²) in [6.45, 7) is 3.30. The van der Waals surface area contributed by atoms with Crippen molar-refractivity contribution in [2.75, 3.05) is 0 Å². The number of hydrogen-bond acceptors (Lipinski definition) is 3. The number of hydrogen-bond donors (Lipinski definition) is 3. The van der Waals surface area contributed by atoms with Crippen molar-refractivity contribution in [1.29, 1.82) is 0 Å². The number of benzene rings is 1. The van der Waals surface area contributed by atoms with Crippen LogP contribution in [0.4, 0.5) is 0 Å². The van der Waals surface area contributed by atoms with Crippen LogP contribution in [-0.4, -0.2) is 22.5 Å². The maximum absolute atomic E-state index is 11.9. The molecule has 0 fully saturated rings. The van der Waals surface area contributed by atoms with Crippen molar-refractivity contribution < 1.29 is 14.7 Å². The Labute approximate surface area is 106 Å². The molecule has 18 heavy (non-hydrogen) atoms. The van der Waals surface area contributed by atoms with Gasteiger partial charge in [0.25, 0.3) is 0 Å². The Balaban J connectivity index is 2.68. The highest BCUT2D eigenvalue weighted by atomic mass is 16.4. The van der Waals surface area contributed by atoms with E-state index in [1.165, 1.54) is 0 Å². The van der Waals surface area contributed by atoms with Gasteiger partial charge in [-0.15, -0.1) is 0 Å². The number of aliphatic carboxylic acids is 1. The molecular weight excluding hydrogens is 232 g/mol. The van der Waals surface area contributed by atoms with Crippen LogP contribution in [0.25, 0.3) is 0 Å². The minimum atomic E-state index is -0.964. The van der Waals surface area contributed by atoms with E-state index < -0.39 is 17.6 Å². The summed E-state index contributed by atoms with van der Waals surface area (Å²) in [5, 5.41) is 11.4. The highest BCUT2D eigenvalue weighted by molar-refractivity contribution is 5.84. The molecule has 1 amide bonds. The zero-order valence-electron chi connectivity index (χ0n) is 10.5. The number of amides is 1. The fraction of sp³-hybridized carbons (Fsp3) is 0.385. The van der Waals surface area contributed by atoms with Gasteiger partial charge in [0.15, 0.2) is 0 Å². The second kappa shape index (κ2) is 5.64. The average molecular weight is 250 g/mol. The Kier molecular flexibility index (Phi) is 4.44. The topological polar surface area (TPSA) is 92.4 Å². The van der Waals surface area contributed by atoms with E-state index in [9.17, 15) is 9.59 Å². The zero-order chi connectivity index (χ0) is 13.8. The smallest absolute Gasteiger partial charge is 0.305 e. The molecule has 1 aromatic carbocycles. The lowest BCUT2D eigenvalue weighted by Gasteiger charge is -2.26. The third-order valence-electron chi connectivity index (χ3n) is 2.50. The first-order valence-electron chi connectivity index (χ1n) is 5.66. The minimum absolute atomic E-state index is 0.153. The van der Waals surface area contributed by atoms with E-state index in [-0.39, 0.29) is 12.3 Å². The van der Waals surface area contributed by atoms with Gasteiger partial charge in [-0.2, -0.15) is 0 Å². The van der Waals surface area contributed by atoms with Gasteiger partial charge in [-0.25, -0.2) is 0 Å². The van der Waals surface area contributed by atoms with Crippen LogP contribution >= 0.6 is 0 Å². The van der Waals surface area contributed by atoms with Crippen LogP contribution in [0.3, 0.4) is 0 Å². The average Bonchev–Trinajstić information content (AvgIpc) is 2.26. The van der Waals surface area contributed by atoms with Crippen molar-refractivity contribution in [2.45, 2.75) is 31.8 Å². The molecule has 5 nitrogen and oxygen atoms in total. The van der Waals surface area contributed by atoms with Crippen LogP contribution in [-0.2, 0) is 9.59 Å². The molecule has 5 heteroatoms. The van der Waals surface area contributed by atoms with Gasteiger partial charge >= 0.3 is 5.97 Å². The second-order valence-electron chi connectivity index (χ2n) is 4.83. The van der Waals surface area contributed by atoms with E-state index in [0.29, 0.717) is 5.56 Å². The van der Waals surface area contributed by atoms with Crippen molar-refractivity contribution in [3.8, 4) is 0 Å². The van der Waals surface area contributed by atoms with Gasteiger partial charge in [0, 0.05) is 5.54 Å². The van der Waals surface area contributed by atoms with Crippen molar-refractivity contribution in [3.05, 3.63) is 35.9 Å². The summed E-state index contributed by atoms with van der Waals surface area (Å²) in [6, 6.07) is 8.15. The summed E-state index contributed by atoms with van der Waals surface area (Å²) in [4.78, 5) is 22.6. The lowest BCUT2D eigenvalue weighted by molar-refractivity contribution is -0.138. The molecule has 1 rings (SSSR count). The molecule has 98 valence electrons. The van der Waals surface area contributed by atoms with Crippen LogP contribution in [0.5, 0.6) is 0 Å². The molecule has 0 saturated carbocycles. The number of nitrogens with two attached hydrogens (primary N) is 1. The monoisotopic (exact) mass is 250 g/mol. The molecule has 0 aliphatic carbocycles. The molecule has 1 unspecified atom stereocenters. The van der Waals surface area contributed by atoms with Crippen LogP contribution in [0, 0.1) is 0 Å². The van der Waals surface area contributed by atoms with Crippen molar-refractivity contribution >= 4 is 11.9 Å². The van der Waals surface area contributed by atoms with E-state index in [1.54, 1.807) is 38.1 Å². The molecule has 0 aliphatic heterocycles. The first kappa shape index (κ1) is 14.2. The first-order valence-corrected chi connectivity index (χ1v) is 5.66. The number of carbonyl (C=O) groups excluding carboxylic acids is 1. The summed E-state index contributed by atoms with van der Waals surface area (Å²) in [7, 11) is 0. The molecular formula is C13H18N2O3. The lowest BCUT2D eigenvalue weighted by atomic mass is 9.99. The fourth-order valence-corrected chi connectivity index (χ4v) is 1.65. The van der Waals surface area contributed by atoms with Crippen LogP contribution in [0.2, 0.25) is 0 Å². The molecule has 0 heterocycles. The molecule has 0 spiro atoms. The maximum Gasteiger partial charge on any atom is 0.305 e. The number of carbonyl (C=O) groups is 2. The lowest BCUT2D eigenvalue weighted by Crippen LogP contribution is -2.48. The van der Waals surface area contributed by atoms with Gasteiger partial charge in [-0.1, -0.05) is 30.3 Å². The Morgan fingerprint density at radius 3 is 2.39 bits per heavy atom. The molecule has 0 saturated heterocycles. The summed E-state index contributed by atoms with van der Waals surface area (Å²) in [5.74, 6) is -1.35. The molecule has 4 N–H and O–H groups in total. The van der Waals surface area contributed by atoms with Gasteiger partial charge in [-0.3, -0.25) is 9.59 Å². The summed E-state index contributed by atoms with van der Waals surface area (Å²) < 4.78 is 0. The van der Waals surface area contributed by atoms with Crippen LogP contribution in [0.15, 0.2) is 30.3 Å². The highest BCUT2D eigenvalue weighted by Gasteiger charge is 2.26. The van der Waals surface area contributed by atoms with Crippen molar-refractivity contribution in [1.82, 2.24) is 5.32 Å². The second-order valence-corrected chi connectivity index (χ2v) is 4.83. The van der Waals surface area contributed by atoms with Crippen LogP contribution in [0.1, 0.15) is 31.9 Å². The summed E-state index contributed by atoms with van der Waals surface area (Å²) in [6.07, 6.45) is -0.153. The SMILES string of the molecule is CC(C)(CC(=O)O)NC(=O)C(N)c1ccccc1. The largest absolute Gasteiger partial charge is 0.481 e. The third-order valence-corrected chi connectivity index (χ3v) is 2.50. The summed E-state index contributed by atoms with van der Waals surface area (Å²) >= 11 is 0. The molecule has 0 radical (unpaired) electrons. The summed E-state index contributed by atoms with van der Waals surface area (Å²) in [5.41, 5.74) is 5.69. The first-order chi connectivity index (χ1) is 8.32. The quantitative estimate of drug-likeness (QED) is 0.728. The van der Waals surface area contributed by atoms with Gasteiger partial charge in [0.1, 0.15) is 6.04 Å². The predicted molar refractivity (Wildman–Crippen MR) is 67.8 cm³/mol. The maximum atomic E-state index is 11.9. The van der Waals surface area contributed by atoms with Gasteiger partial charge in [0.05, 0.1) is 6.42 Å². The number of carboxylic acids is 1. The fourth-order valence-electron chi connectivity index (χ4n) is 1.65. The Morgan fingerprint density at radius 1 is 1.33 bits per heavy atom. The Morgan fingerprint density at radius 2 is 1.89 bits per heavy atom. The van der Waals surface area contributed by atoms with Crippen molar-refractivity contribution in [3.63, 3.8) is 0 Å². The van der Waals surface area contributed by atoms with E-state index >= 15 is 0 Å². The van der Waals surface area contributed by atoms with Gasteiger partial charge in [0.2, 0.25) is 5.91 Å². The van der Waals surface area contributed by atoms with E-state index in [4.69, 9.17) is 10.8 Å². The molecule has 1 aromatic rings. The number of rotatable bonds is 5. The van der Waals surface area contributed by atoms with E-state index in [2.05, 4.69) is 5.32 Å². The normalized spacial score (nSPS) is 12.8. The molecule has 1 atom stereocenters. The standard InChI is InChI=1S/C13H18N2O3/c1-13(2,8-10(16)17)15-12(18)11(14)9-6-4-3-5-7-9/h3-7,11H,8,14H2,1-2H3,(H,15,18)(H,16,17). The third kappa shape index (κ3) is 4.18. The van der Waals surface area contributed by atoms with Gasteiger partial charge in [-0.05, 0) is 19.4 Å². The van der Waals surface area contributed by atoms with Gasteiger partial charge < -0.3 is 16.2 Å². The zero-order valence-corrected chi connectivity index (χ0v) is 10.5. The minimum Gasteiger partial charge on any atom is -0.481 e. The van der Waals surface area contributed by atoms with E-state index in [0.717, 1.165) is 0 Å². The molecule has 0 aliphatic rings. The number of nitrogens with one attached hydrogen (secondary N) is 1. The van der Waals surface area contributed by atoms with Crippen molar-refractivity contribution in [2.24, 2.45) is 5.73 Å². The molecule has 0 bridgehead atoms. The highest BCUT2D eigenvalue weighted by Crippen LogP contribution is 2.13. The van der Waals surface area contributed by atoms with Crippen LogP contribution < -0.4 is 11.1 Å². The Bertz CT molecular complexity index is 429. The predicted octanol–water partition coefficient (Wildman–Crippen LogP) is 1.06. The number of carboxylic acid groups (broad SMARTS) is 1. The Hall–Kier alpha value is -1.88.